The first-order valence-corrected chi connectivity index (χ1v) is 17.3. The summed E-state index contributed by atoms with van der Waals surface area (Å²) >= 11 is 0. The molecule has 2 aliphatic heterocycles. The third kappa shape index (κ3) is 9.06. The molecule has 0 saturated carbocycles. The van der Waals surface area contributed by atoms with Gasteiger partial charge < -0.3 is 20.9 Å². The molecule has 8 heteroatoms. The van der Waals surface area contributed by atoms with Crippen molar-refractivity contribution in [3.05, 3.63) is 5.82 Å². The largest absolute Gasteiger partial charge is 0.349 e. The highest BCUT2D eigenvalue weighted by Gasteiger charge is 2.47. The quantitative estimate of drug-likeness (QED) is 0.250. The number of nitrogens with one attached hydrogen (secondary N) is 3. The Labute approximate surface area is 271 Å². The summed E-state index contributed by atoms with van der Waals surface area (Å²) in [6.07, 6.45) is 7.06. The van der Waals surface area contributed by atoms with Crippen molar-refractivity contribution < 1.29 is 0 Å². The molecule has 1 aromatic heterocycles. The highest BCUT2D eigenvalue weighted by molar-refractivity contribution is 5.41. The summed E-state index contributed by atoms with van der Waals surface area (Å²) in [5.41, 5.74) is -0.169. The van der Waals surface area contributed by atoms with Crippen molar-refractivity contribution in [2.24, 2.45) is 5.41 Å². The van der Waals surface area contributed by atoms with Crippen LogP contribution in [0.4, 0.5) is 11.9 Å². The van der Waals surface area contributed by atoms with E-state index in [-0.39, 0.29) is 38.6 Å². The fourth-order valence-corrected chi connectivity index (χ4v) is 9.28. The van der Waals surface area contributed by atoms with E-state index < -0.39 is 0 Å². The third-order valence-corrected chi connectivity index (χ3v) is 10.1. The molecule has 1 aromatic rings. The molecule has 3 N–H and O–H groups in total. The summed E-state index contributed by atoms with van der Waals surface area (Å²) in [5, 5.41) is 11.5. The molecule has 3 heterocycles. The van der Waals surface area contributed by atoms with Crippen LogP contribution in [0.2, 0.25) is 0 Å². The fourth-order valence-electron chi connectivity index (χ4n) is 9.28. The van der Waals surface area contributed by atoms with Gasteiger partial charge in [0.25, 0.3) is 0 Å². The minimum absolute atomic E-state index is 0.0255. The van der Waals surface area contributed by atoms with Crippen LogP contribution in [-0.4, -0.2) is 73.7 Å². The predicted octanol–water partition coefficient (Wildman–Crippen LogP) is 7.50. The average molecular weight is 615 g/mol. The number of rotatable bonds is 10. The standard InChI is InChI=1S/C36H70N8/c1-18-36(19-2,44(17)26-22-33(10,11)42-34(12,13)23-26)27-37-28(40-35(14,15)24-30(3,4)5)39-29(38-27)43(16)25-20-31(6,7)41-32(8,9)21-25/h25-26,41-42H,18-24H2,1-17H3,(H,37,38,39,40). The third-order valence-electron chi connectivity index (χ3n) is 10.1. The molecule has 0 spiro atoms. The smallest absolute Gasteiger partial charge is 0.230 e. The van der Waals surface area contributed by atoms with Crippen LogP contribution in [0.1, 0.15) is 155 Å². The van der Waals surface area contributed by atoms with E-state index in [4.69, 9.17) is 15.0 Å². The molecule has 2 fully saturated rings. The number of nitrogens with zero attached hydrogens (tertiary/aromatic N) is 5. The zero-order valence-corrected chi connectivity index (χ0v) is 31.8. The van der Waals surface area contributed by atoms with Gasteiger partial charge in [0.2, 0.25) is 11.9 Å². The van der Waals surface area contributed by atoms with Crippen molar-refractivity contribution in [1.29, 1.82) is 0 Å². The Morgan fingerprint density at radius 1 is 0.705 bits per heavy atom. The molecule has 0 atom stereocenters. The molecule has 44 heavy (non-hydrogen) atoms. The lowest BCUT2D eigenvalue weighted by Gasteiger charge is -2.53. The highest BCUT2D eigenvalue weighted by atomic mass is 15.3. The minimum atomic E-state index is -0.316. The first-order chi connectivity index (χ1) is 19.7. The molecule has 2 aliphatic rings. The molecule has 0 amide bonds. The average Bonchev–Trinajstić information content (AvgIpc) is 2.78. The summed E-state index contributed by atoms with van der Waals surface area (Å²) in [6.45, 7) is 34.6. The van der Waals surface area contributed by atoms with Crippen LogP contribution in [0, 0.1) is 5.41 Å². The van der Waals surface area contributed by atoms with Gasteiger partial charge in [-0.1, -0.05) is 34.6 Å². The number of anilines is 2. The molecule has 254 valence electrons. The normalized spacial score (nSPS) is 22.7. The second-order valence-electron chi connectivity index (χ2n) is 18.9. The van der Waals surface area contributed by atoms with Crippen molar-refractivity contribution in [2.75, 3.05) is 24.3 Å². The SMILES string of the molecule is CCC(CC)(c1nc(NC(C)(C)CC(C)(C)C)nc(N(C)C2CC(C)(C)NC(C)(C)C2)n1)N(C)C1CC(C)(C)NC(C)(C)C1. The molecule has 0 unspecified atom stereocenters. The first-order valence-electron chi connectivity index (χ1n) is 17.3. The van der Waals surface area contributed by atoms with Crippen molar-refractivity contribution in [1.82, 2.24) is 30.5 Å². The molecular formula is C36H70N8. The lowest BCUT2D eigenvalue weighted by atomic mass is 9.76. The van der Waals surface area contributed by atoms with Crippen LogP contribution in [0.25, 0.3) is 0 Å². The van der Waals surface area contributed by atoms with Crippen LogP contribution in [0.5, 0.6) is 0 Å². The van der Waals surface area contributed by atoms with E-state index in [1.165, 1.54) is 0 Å². The zero-order chi connectivity index (χ0) is 33.7. The first kappa shape index (κ1) is 37.0. The molecular weight excluding hydrogens is 544 g/mol. The van der Waals surface area contributed by atoms with Gasteiger partial charge in [0.05, 0.1) is 5.54 Å². The van der Waals surface area contributed by atoms with E-state index in [0.29, 0.717) is 18.0 Å². The van der Waals surface area contributed by atoms with Crippen LogP contribution in [-0.2, 0) is 5.54 Å². The Bertz CT molecular complexity index is 1090. The monoisotopic (exact) mass is 615 g/mol. The second kappa shape index (κ2) is 12.3. The van der Waals surface area contributed by atoms with Crippen molar-refractivity contribution in [3.8, 4) is 0 Å². The molecule has 0 radical (unpaired) electrons. The van der Waals surface area contributed by atoms with Gasteiger partial charge in [0, 0.05) is 46.8 Å². The molecule has 8 nitrogen and oxygen atoms in total. The predicted molar refractivity (Wildman–Crippen MR) is 189 cm³/mol. The van der Waals surface area contributed by atoms with Crippen LogP contribution >= 0.6 is 0 Å². The molecule has 0 aromatic carbocycles. The van der Waals surface area contributed by atoms with Gasteiger partial charge in [-0.15, -0.1) is 0 Å². The molecule has 0 aliphatic carbocycles. The van der Waals surface area contributed by atoms with Gasteiger partial charge in [-0.2, -0.15) is 15.0 Å². The number of piperidine rings is 2. The van der Waals surface area contributed by atoms with E-state index in [0.717, 1.165) is 56.7 Å². The second-order valence-corrected chi connectivity index (χ2v) is 18.9. The maximum Gasteiger partial charge on any atom is 0.230 e. The lowest BCUT2D eigenvalue weighted by molar-refractivity contribution is -0.00344. The topological polar surface area (TPSA) is 81.2 Å². The number of aromatic nitrogens is 3. The summed E-state index contributed by atoms with van der Waals surface area (Å²) < 4.78 is 0. The van der Waals surface area contributed by atoms with E-state index in [1.807, 2.05) is 0 Å². The Morgan fingerprint density at radius 2 is 1.14 bits per heavy atom. The lowest BCUT2D eigenvalue weighted by Crippen LogP contribution is -2.64. The zero-order valence-electron chi connectivity index (χ0n) is 31.8. The maximum atomic E-state index is 5.40. The van der Waals surface area contributed by atoms with Gasteiger partial charge in [-0.25, -0.2) is 0 Å². The fraction of sp³-hybridized carbons (Fsp3) is 0.917. The highest BCUT2D eigenvalue weighted by Crippen LogP contribution is 2.41. The summed E-state index contributed by atoms with van der Waals surface area (Å²) in [4.78, 5) is 20.8. The minimum Gasteiger partial charge on any atom is -0.349 e. The van der Waals surface area contributed by atoms with Crippen molar-refractivity contribution in [2.45, 2.75) is 194 Å². The van der Waals surface area contributed by atoms with E-state index >= 15 is 0 Å². The van der Waals surface area contributed by atoms with E-state index in [2.05, 4.69) is 144 Å². The Balaban J connectivity index is 2.15. The number of hydrogen-bond acceptors (Lipinski definition) is 8. The van der Waals surface area contributed by atoms with E-state index in [9.17, 15) is 0 Å². The molecule has 0 bridgehead atoms. The summed E-state index contributed by atoms with van der Waals surface area (Å²) in [7, 11) is 4.50. The Hall–Kier alpha value is -1.51. The van der Waals surface area contributed by atoms with Gasteiger partial charge >= 0.3 is 0 Å². The van der Waals surface area contributed by atoms with Gasteiger partial charge in [-0.3, -0.25) is 4.90 Å². The van der Waals surface area contributed by atoms with Crippen LogP contribution in [0.15, 0.2) is 0 Å². The molecule has 3 rings (SSSR count). The summed E-state index contributed by atoms with van der Waals surface area (Å²) in [6, 6.07) is 0.715. The Kier molecular flexibility index (Phi) is 10.3. The van der Waals surface area contributed by atoms with E-state index in [1.54, 1.807) is 0 Å². The van der Waals surface area contributed by atoms with Crippen LogP contribution < -0.4 is 20.9 Å². The van der Waals surface area contributed by atoms with Gasteiger partial charge in [0.1, 0.15) is 0 Å². The van der Waals surface area contributed by atoms with Gasteiger partial charge in [0.15, 0.2) is 5.82 Å². The Morgan fingerprint density at radius 3 is 1.55 bits per heavy atom. The number of hydrogen-bond donors (Lipinski definition) is 3. The van der Waals surface area contributed by atoms with Crippen molar-refractivity contribution >= 4 is 11.9 Å². The van der Waals surface area contributed by atoms with Crippen molar-refractivity contribution in [3.63, 3.8) is 0 Å². The van der Waals surface area contributed by atoms with Gasteiger partial charge in [-0.05, 0) is 127 Å². The maximum absolute atomic E-state index is 5.40. The van der Waals surface area contributed by atoms with Crippen LogP contribution in [0.3, 0.4) is 0 Å². The summed E-state index contributed by atoms with van der Waals surface area (Å²) in [5.74, 6) is 2.34. The molecule has 2 saturated heterocycles.